The zero-order valence-electron chi connectivity index (χ0n) is 15.3. The third-order valence-electron chi connectivity index (χ3n) is 4.43. The van der Waals surface area contributed by atoms with Crippen molar-refractivity contribution in [2.45, 2.75) is 38.9 Å². The Kier molecular flexibility index (Phi) is 7.42. The van der Waals surface area contributed by atoms with Crippen LogP contribution >= 0.6 is 0 Å². The summed E-state index contributed by atoms with van der Waals surface area (Å²) in [4.78, 5) is 14.3. The van der Waals surface area contributed by atoms with Crippen LogP contribution < -0.4 is 0 Å². The van der Waals surface area contributed by atoms with E-state index in [4.69, 9.17) is 4.74 Å². The minimum atomic E-state index is -0.193. The Labute approximate surface area is 150 Å². The molecule has 2 rings (SSSR count). The lowest BCUT2D eigenvalue weighted by molar-refractivity contribution is -0.141. The normalized spacial score (nSPS) is 13.8. The van der Waals surface area contributed by atoms with Crippen molar-refractivity contribution in [1.82, 2.24) is 4.90 Å². The molecule has 3 heteroatoms. The Morgan fingerprint density at radius 3 is 2.24 bits per heavy atom. The number of carbonyl (C=O) groups excluding carboxylic acids is 1. The predicted octanol–water partition coefficient (Wildman–Crippen LogP) is 4.76. The van der Waals surface area contributed by atoms with Gasteiger partial charge in [-0.3, -0.25) is 9.69 Å². The van der Waals surface area contributed by atoms with Crippen LogP contribution in [0.1, 0.15) is 37.4 Å². The Hall–Kier alpha value is -2.39. The van der Waals surface area contributed by atoms with Gasteiger partial charge in [-0.25, -0.2) is 0 Å². The molecule has 0 aliphatic rings. The van der Waals surface area contributed by atoms with Crippen molar-refractivity contribution in [2.24, 2.45) is 0 Å². The third kappa shape index (κ3) is 5.57. The number of ether oxygens (including phenoxy) is 1. The fraction of sp³-hybridized carbons (Fsp3) is 0.318. The van der Waals surface area contributed by atoms with Gasteiger partial charge in [0.1, 0.15) is 0 Å². The number of hydrogen-bond acceptors (Lipinski definition) is 3. The van der Waals surface area contributed by atoms with E-state index in [1.165, 1.54) is 18.2 Å². The quantitative estimate of drug-likeness (QED) is 0.514. The van der Waals surface area contributed by atoms with Gasteiger partial charge in [-0.15, -0.1) is 0 Å². The van der Waals surface area contributed by atoms with E-state index in [0.717, 1.165) is 6.54 Å². The molecule has 0 saturated heterocycles. The van der Waals surface area contributed by atoms with Crippen LogP contribution in [-0.2, 0) is 16.1 Å². The average molecular weight is 337 g/mol. The number of methoxy groups -OCH3 is 1. The summed E-state index contributed by atoms with van der Waals surface area (Å²) in [5.74, 6) is -0.193. The molecular weight excluding hydrogens is 310 g/mol. The van der Waals surface area contributed by atoms with E-state index in [2.05, 4.69) is 54.3 Å². The highest BCUT2D eigenvalue weighted by Gasteiger charge is 2.25. The second-order valence-electron chi connectivity index (χ2n) is 6.12. The fourth-order valence-electron chi connectivity index (χ4n) is 3.03. The molecule has 0 unspecified atom stereocenters. The van der Waals surface area contributed by atoms with E-state index < -0.39 is 0 Å². The van der Waals surface area contributed by atoms with E-state index in [1.54, 1.807) is 0 Å². The second kappa shape index (κ2) is 9.80. The lowest BCUT2D eigenvalue weighted by atomic mass is 10.0. The average Bonchev–Trinajstić information content (AvgIpc) is 2.66. The van der Waals surface area contributed by atoms with Gasteiger partial charge < -0.3 is 4.74 Å². The molecule has 25 heavy (non-hydrogen) atoms. The number of allylic oxidation sites excluding steroid dienone is 1. The molecule has 0 aliphatic heterocycles. The summed E-state index contributed by atoms with van der Waals surface area (Å²) in [7, 11) is 1.44. The van der Waals surface area contributed by atoms with Gasteiger partial charge in [-0.2, -0.15) is 0 Å². The number of nitrogens with zero attached hydrogens (tertiary/aromatic N) is 1. The van der Waals surface area contributed by atoms with Gasteiger partial charge in [0, 0.05) is 18.6 Å². The summed E-state index contributed by atoms with van der Waals surface area (Å²) in [6.45, 7) is 4.94. The van der Waals surface area contributed by atoms with Crippen LogP contribution in [0.3, 0.4) is 0 Å². The molecule has 0 amide bonds. The van der Waals surface area contributed by atoms with Gasteiger partial charge in [0.15, 0.2) is 0 Å². The smallest absolute Gasteiger partial charge is 0.307 e. The lowest BCUT2D eigenvalue weighted by Gasteiger charge is -2.35. The van der Waals surface area contributed by atoms with Crippen molar-refractivity contribution in [1.29, 1.82) is 0 Å². The maximum atomic E-state index is 11.9. The van der Waals surface area contributed by atoms with Gasteiger partial charge in [-0.05, 0) is 25.0 Å². The molecule has 2 aromatic rings. The first-order valence-electron chi connectivity index (χ1n) is 8.70. The van der Waals surface area contributed by atoms with Crippen molar-refractivity contribution in [3.63, 3.8) is 0 Å². The topological polar surface area (TPSA) is 29.5 Å². The molecule has 2 atom stereocenters. The summed E-state index contributed by atoms with van der Waals surface area (Å²) < 4.78 is 4.91. The van der Waals surface area contributed by atoms with Gasteiger partial charge in [0.05, 0.1) is 13.5 Å². The van der Waals surface area contributed by atoms with Gasteiger partial charge in [0.2, 0.25) is 0 Å². The first-order valence-corrected chi connectivity index (χ1v) is 8.70. The van der Waals surface area contributed by atoms with Crippen molar-refractivity contribution in [3.8, 4) is 0 Å². The monoisotopic (exact) mass is 337 g/mol. The molecule has 3 nitrogen and oxygen atoms in total. The zero-order chi connectivity index (χ0) is 18.1. The van der Waals surface area contributed by atoms with E-state index in [9.17, 15) is 4.79 Å². The molecule has 132 valence electrons. The summed E-state index contributed by atoms with van der Waals surface area (Å²) in [6.07, 6.45) is 4.42. The third-order valence-corrected chi connectivity index (χ3v) is 4.43. The Balaban J connectivity index is 2.33. The van der Waals surface area contributed by atoms with E-state index in [-0.39, 0.29) is 18.1 Å². The van der Waals surface area contributed by atoms with E-state index in [1.807, 2.05) is 37.3 Å². The molecule has 0 bridgehead atoms. The second-order valence-corrected chi connectivity index (χ2v) is 6.12. The Morgan fingerprint density at radius 1 is 1.08 bits per heavy atom. The van der Waals surface area contributed by atoms with Crippen LogP contribution in [0.5, 0.6) is 0 Å². The van der Waals surface area contributed by atoms with Crippen LogP contribution in [0.25, 0.3) is 0 Å². The summed E-state index contributed by atoms with van der Waals surface area (Å²) in [5, 5.41) is 0. The molecule has 0 spiro atoms. The molecular formula is C22H27NO2. The largest absolute Gasteiger partial charge is 0.469 e. The molecule has 0 aliphatic carbocycles. The van der Waals surface area contributed by atoms with Gasteiger partial charge in [-0.1, -0.05) is 72.8 Å². The Bertz CT molecular complexity index is 667. The molecule has 2 aromatic carbocycles. The maximum absolute atomic E-state index is 11.9. The molecule has 0 saturated carbocycles. The van der Waals surface area contributed by atoms with Crippen LogP contribution in [0.2, 0.25) is 0 Å². The van der Waals surface area contributed by atoms with Crippen molar-refractivity contribution in [2.75, 3.05) is 7.11 Å². The number of benzene rings is 2. The number of rotatable bonds is 8. The van der Waals surface area contributed by atoms with Crippen molar-refractivity contribution < 1.29 is 9.53 Å². The highest BCUT2D eigenvalue weighted by atomic mass is 16.5. The minimum Gasteiger partial charge on any atom is -0.469 e. The van der Waals surface area contributed by atoms with Gasteiger partial charge >= 0.3 is 5.97 Å². The summed E-state index contributed by atoms with van der Waals surface area (Å²) in [5.41, 5.74) is 2.46. The van der Waals surface area contributed by atoms with Crippen molar-refractivity contribution >= 4 is 5.97 Å². The Morgan fingerprint density at radius 2 is 1.68 bits per heavy atom. The molecule has 0 aromatic heterocycles. The van der Waals surface area contributed by atoms with Crippen LogP contribution in [0.15, 0.2) is 72.8 Å². The van der Waals surface area contributed by atoms with Crippen molar-refractivity contribution in [3.05, 3.63) is 83.9 Å². The lowest BCUT2D eigenvalue weighted by Crippen LogP contribution is -2.37. The number of hydrogen-bond donors (Lipinski definition) is 0. The first-order chi connectivity index (χ1) is 12.2. The molecule has 0 radical (unpaired) electrons. The fourth-order valence-corrected chi connectivity index (χ4v) is 3.03. The molecule has 0 fully saturated rings. The zero-order valence-corrected chi connectivity index (χ0v) is 15.3. The predicted molar refractivity (Wildman–Crippen MR) is 102 cm³/mol. The standard InChI is InChI=1S/C22H27NO2/c1-4-11-21(16-22(24)25-3)23(17-19-12-7-5-8-13-19)18(2)20-14-9-6-10-15-20/h4-15,18,21H,16-17H2,1-3H3/b11-4+/t18-,21-/m1/s1. The molecule has 0 heterocycles. The molecule has 0 N–H and O–H groups in total. The number of carbonyl (C=O) groups is 1. The van der Waals surface area contributed by atoms with Gasteiger partial charge in [0.25, 0.3) is 0 Å². The highest BCUT2D eigenvalue weighted by Crippen LogP contribution is 2.27. The minimum absolute atomic E-state index is 0.0205. The number of esters is 1. The SMILES string of the molecule is C/C=C/[C@H](CC(=O)OC)N(Cc1ccccc1)[C@H](C)c1ccccc1. The maximum Gasteiger partial charge on any atom is 0.307 e. The first kappa shape index (κ1) is 18.9. The van der Waals surface area contributed by atoms with E-state index in [0.29, 0.717) is 6.42 Å². The summed E-state index contributed by atoms with van der Waals surface area (Å²) in [6, 6.07) is 20.9. The van der Waals surface area contributed by atoms with E-state index >= 15 is 0 Å². The van der Waals surface area contributed by atoms with Crippen LogP contribution in [0.4, 0.5) is 0 Å². The summed E-state index contributed by atoms with van der Waals surface area (Å²) >= 11 is 0. The highest BCUT2D eigenvalue weighted by molar-refractivity contribution is 5.70. The van der Waals surface area contributed by atoms with Crippen LogP contribution in [-0.4, -0.2) is 24.0 Å². The van der Waals surface area contributed by atoms with Crippen LogP contribution in [0, 0.1) is 0 Å².